The standard InChI is InChI=1S/C45H37N3/c1-44(2)39-24-12-11-23-37(39)38-26-25-35(29-40(38)45(44,3)4)33-20-13-19-32(27-33)34-21-14-22-36(28-34)43-47-41(30-15-7-5-8-16-30)46-42(48-43)31-17-9-6-10-18-31/h5-29H,1-4H3/i5D,6D,7D,8D,9D,10D,15D,16D,17D,18D. The highest BCUT2D eigenvalue weighted by molar-refractivity contribution is 5.82. The van der Waals surface area contributed by atoms with Gasteiger partial charge in [-0.25, -0.2) is 15.0 Å². The second-order valence-electron chi connectivity index (χ2n) is 13.0. The molecule has 48 heavy (non-hydrogen) atoms. The second-order valence-corrected chi connectivity index (χ2v) is 13.0. The van der Waals surface area contributed by atoms with E-state index in [9.17, 15) is 0 Å². The van der Waals surface area contributed by atoms with Crippen molar-refractivity contribution in [3.63, 3.8) is 0 Å². The van der Waals surface area contributed by atoms with Crippen LogP contribution in [0.2, 0.25) is 0 Å². The van der Waals surface area contributed by atoms with Crippen molar-refractivity contribution in [1.82, 2.24) is 15.0 Å². The van der Waals surface area contributed by atoms with Crippen molar-refractivity contribution in [2.45, 2.75) is 38.5 Å². The van der Waals surface area contributed by atoms with E-state index in [0.717, 1.165) is 22.3 Å². The zero-order valence-corrected chi connectivity index (χ0v) is 27.0. The fraction of sp³-hybridized carbons (Fsp3) is 0.133. The summed E-state index contributed by atoms with van der Waals surface area (Å²) >= 11 is 0. The Morgan fingerprint density at radius 3 is 1.42 bits per heavy atom. The summed E-state index contributed by atoms with van der Waals surface area (Å²) in [5, 5.41) is 0. The summed E-state index contributed by atoms with van der Waals surface area (Å²) < 4.78 is 83.8. The Labute approximate surface area is 297 Å². The van der Waals surface area contributed by atoms with Crippen molar-refractivity contribution >= 4 is 0 Å². The first kappa shape index (κ1) is 20.5. The van der Waals surface area contributed by atoms with Crippen molar-refractivity contribution in [3.05, 3.63) is 163 Å². The average molecular weight is 630 g/mol. The Morgan fingerprint density at radius 1 is 0.396 bits per heavy atom. The molecule has 0 unspecified atom stereocenters. The molecule has 3 nitrogen and oxygen atoms in total. The molecule has 0 aliphatic heterocycles. The van der Waals surface area contributed by atoms with Crippen LogP contribution in [0.25, 0.3) is 67.5 Å². The summed E-state index contributed by atoms with van der Waals surface area (Å²) in [5.41, 5.74) is 8.45. The number of hydrogen-bond acceptors (Lipinski definition) is 3. The molecule has 3 heteroatoms. The van der Waals surface area contributed by atoms with E-state index in [4.69, 9.17) is 13.7 Å². The molecule has 0 bridgehead atoms. The molecule has 1 aliphatic rings. The fourth-order valence-electron chi connectivity index (χ4n) is 6.58. The highest BCUT2D eigenvalue weighted by Crippen LogP contribution is 2.54. The van der Waals surface area contributed by atoms with Gasteiger partial charge in [0.1, 0.15) is 0 Å². The van der Waals surface area contributed by atoms with E-state index in [2.05, 4.69) is 97.2 Å². The van der Waals surface area contributed by atoms with Crippen molar-refractivity contribution in [1.29, 1.82) is 0 Å². The minimum absolute atomic E-state index is 0.0106. The minimum Gasteiger partial charge on any atom is -0.208 e. The Kier molecular flexibility index (Phi) is 4.94. The van der Waals surface area contributed by atoms with Gasteiger partial charge in [-0.15, -0.1) is 0 Å². The summed E-state index contributed by atoms with van der Waals surface area (Å²) in [7, 11) is 0. The number of benzene rings is 6. The summed E-state index contributed by atoms with van der Waals surface area (Å²) in [6.45, 7) is 9.23. The highest BCUT2D eigenvalue weighted by Gasteiger charge is 2.45. The van der Waals surface area contributed by atoms with Gasteiger partial charge >= 0.3 is 0 Å². The summed E-state index contributed by atoms with van der Waals surface area (Å²) in [4.78, 5) is 13.6. The van der Waals surface area contributed by atoms with E-state index >= 15 is 0 Å². The number of hydrogen-bond donors (Lipinski definition) is 0. The lowest BCUT2D eigenvalue weighted by Crippen LogP contribution is -2.43. The Balaban J connectivity index is 1.27. The van der Waals surface area contributed by atoms with Crippen LogP contribution in [-0.4, -0.2) is 15.0 Å². The quantitative estimate of drug-likeness (QED) is 0.190. The van der Waals surface area contributed by atoms with Gasteiger partial charge in [-0.05, 0) is 73.5 Å². The summed E-state index contributed by atoms with van der Waals surface area (Å²) in [6.07, 6.45) is 0. The first-order valence-electron chi connectivity index (χ1n) is 20.8. The van der Waals surface area contributed by atoms with Gasteiger partial charge < -0.3 is 0 Å². The molecule has 8 rings (SSSR count). The number of rotatable bonds is 5. The second kappa shape index (κ2) is 11.5. The third-order valence-corrected chi connectivity index (χ3v) is 9.88. The maximum absolute atomic E-state index is 8.63. The third kappa shape index (κ3) is 5.03. The van der Waals surface area contributed by atoms with Crippen molar-refractivity contribution < 1.29 is 13.7 Å². The summed E-state index contributed by atoms with van der Waals surface area (Å²) in [5.74, 6) is -0.605. The first-order chi connectivity index (χ1) is 27.4. The van der Waals surface area contributed by atoms with E-state index in [1.165, 1.54) is 22.3 Å². The van der Waals surface area contributed by atoms with E-state index < -0.39 is 60.4 Å². The van der Waals surface area contributed by atoms with Crippen molar-refractivity contribution in [3.8, 4) is 67.5 Å². The lowest BCUT2D eigenvalue weighted by molar-refractivity contribution is 0.299. The van der Waals surface area contributed by atoms with E-state index in [0.29, 0.717) is 5.56 Å². The molecular formula is C45H37N3. The van der Waals surface area contributed by atoms with Crippen LogP contribution in [-0.2, 0) is 10.8 Å². The van der Waals surface area contributed by atoms with Gasteiger partial charge in [-0.1, -0.05) is 161 Å². The SMILES string of the molecule is [2H]c1c([2H])c([2H])c(-c2nc(-c3cccc(-c4cccc(-c5ccc6c(c5)C(C)(C)C(C)(C)c5ccccc5-6)c4)c3)nc(-c3c([2H])c([2H])c([2H])c([2H])c3[2H])n2)c([2H])c1[2H]. The molecule has 6 aromatic carbocycles. The van der Waals surface area contributed by atoms with Crippen LogP contribution < -0.4 is 0 Å². The van der Waals surface area contributed by atoms with Crippen LogP contribution in [0, 0.1) is 0 Å². The van der Waals surface area contributed by atoms with Crippen LogP contribution >= 0.6 is 0 Å². The van der Waals surface area contributed by atoms with Gasteiger partial charge in [-0.2, -0.15) is 0 Å². The molecular weight excluding hydrogens is 583 g/mol. The monoisotopic (exact) mass is 629 g/mol. The molecule has 0 radical (unpaired) electrons. The van der Waals surface area contributed by atoms with E-state index in [1.807, 2.05) is 30.3 Å². The lowest BCUT2D eigenvalue weighted by atomic mass is 9.55. The predicted octanol–water partition coefficient (Wildman–Crippen LogP) is 11.4. The Morgan fingerprint density at radius 2 is 0.833 bits per heavy atom. The van der Waals surface area contributed by atoms with Gasteiger partial charge in [0.25, 0.3) is 0 Å². The van der Waals surface area contributed by atoms with Crippen molar-refractivity contribution in [2.75, 3.05) is 0 Å². The van der Waals surface area contributed by atoms with Gasteiger partial charge in [0, 0.05) is 16.7 Å². The van der Waals surface area contributed by atoms with E-state index in [1.54, 1.807) is 6.07 Å². The molecule has 0 amide bonds. The number of nitrogens with zero attached hydrogens (tertiary/aromatic N) is 3. The summed E-state index contributed by atoms with van der Waals surface area (Å²) in [6, 6.07) is 25.0. The average Bonchev–Trinajstić information content (AvgIpc) is 3.23. The molecule has 0 atom stereocenters. The highest BCUT2D eigenvalue weighted by atomic mass is 15.0. The smallest absolute Gasteiger partial charge is 0.164 e. The minimum atomic E-state index is -0.597. The largest absolute Gasteiger partial charge is 0.208 e. The normalized spacial score (nSPS) is 17.1. The van der Waals surface area contributed by atoms with Crippen LogP contribution in [0.3, 0.4) is 0 Å². The zero-order valence-electron chi connectivity index (χ0n) is 37.0. The predicted molar refractivity (Wildman–Crippen MR) is 198 cm³/mol. The molecule has 0 N–H and O–H groups in total. The lowest BCUT2D eigenvalue weighted by Gasteiger charge is -2.48. The topological polar surface area (TPSA) is 38.7 Å². The van der Waals surface area contributed by atoms with Gasteiger partial charge in [-0.3, -0.25) is 0 Å². The molecule has 1 aliphatic carbocycles. The van der Waals surface area contributed by atoms with Crippen molar-refractivity contribution in [2.24, 2.45) is 0 Å². The first-order valence-corrected chi connectivity index (χ1v) is 15.8. The number of aromatic nitrogens is 3. The Bertz CT molecular complexity index is 2720. The third-order valence-electron chi connectivity index (χ3n) is 9.88. The Hall–Kier alpha value is -5.67. The maximum Gasteiger partial charge on any atom is 0.164 e. The molecule has 232 valence electrons. The molecule has 1 heterocycles. The maximum atomic E-state index is 8.63. The molecule has 0 saturated carbocycles. The van der Waals surface area contributed by atoms with Crippen LogP contribution in [0.1, 0.15) is 52.5 Å². The molecule has 0 spiro atoms. The molecule has 1 aromatic heterocycles. The number of fused-ring (bicyclic) bond motifs is 3. The molecule has 7 aromatic rings. The zero-order chi connectivity index (χ0) is 41.6. The van der Waals surface area contributed by atoms with Crippen LogP contribution in [0.5, 0.6) is 0 Å². The van der Waals surface area contributed by atoms with Gasteiger partial charge in [0.2, 0.25) is 0 Å². The molecule has 0 fully saturated rings. The van der Waals surface area contributed by atoms with Gasteiger partial charge in [0.15, 0.2) is 17.5 Å². The molecule has 0 saturated heterocycles. The van der Waals surface area contributed by atoms with Gasteiger partial charge in [0.05, 0.1) is 13.7 Å². The van der Waals surface area contributed by atoms with Crippen LogP contribution in [0.4, 0.5) is 0 Å². The fourth-order valence-corrected chi connectivity index (χ4v) is 6.58. The van der Waals surface area contributed by atoms with E-state index in [-0.39, 0.29) is 39.4 Å². The van der Waals surface area contributed by atoms with Crippen LogP contribution in [0.15, 0.2) is 151 Å².